The van der Waals surface area contributed by atoms with Gasteiger partial charge in [-0.1, -0.05) is 19.1 Å². The van der Waals surface area contributed by atoms with Gasteiger partial charge >= 0.3 is 0 Å². The summed E-state index contributed by atoms with van der Waals surface area (Å²) in [5.41, 5.74) is 9.83. The molecule has 3 N–H and O–H groups in total. The molecule has 0 saturated heterocycles. The maximum Gasteiger partial charge on any atom is 0.0352 e. The third-order valence-electron chi connectivity index (χ3n) is 3.04. The second-order valence-electron chi connectivity index (χ2n) is 3.96. The zero-order valence-corrected chi connectivity index (χ0v) is 8.72. The van der Waals surface area contributed by atoms with Crippen molar-refractivity contribution in [3.63, 3.8) is 0 Å². The molecule has 2 nitrogen and oxygen atoms in total. The van der Waals surface area contributed by atoms with E-state index in [1.54, 1.807) is 0 Å². The van der Waals surface area contributed by atoms with Crippen molar-refractivity contribution in [2.75, 3.05) is 18.8 Å². The molecule has 0 spiro atoms. The van der Waals surface area contributed by atoms with Gasteiger partial charge in [-0.3, -0.25) is 0 Å². The van der Waals surface area contributed by atoms with Crippen molar-refractivity contribution in [3.05, 3.63) is 29.3 Å². The molecule has 14 heavy (non-hydrogen) atoms. The SMILES string of the molecule is CCNCC1CCc2cccc(N)c21. The van der Waals surface area contributed by atoms with Gasteiger partial charge in [-0.2, -0.15) is 0 Å². The van der Waals surface area contributed by atoms with Gasteiger partial charge in [0.25, 0.3) is 0 Å². The minimum atomic E-state index is 0.631. The van der Waals surface area contributed by atoms with E-state index in [0.29, 0.717) is 5.92 Å². The maximum atomic E-state index is 6.01. The van der Waals surface area contributed by atoms with Crippen LogP contribution in [0.15, 0.2) is 18.2 Å². The number of nitrogens with one attached hydrogen (secondary N) is 1. The van der Waals surface area contributed by atoms with Gasteiger partial charge in [-0.25, -0.2) is 0 Å². The average Bonchev–Trinajstić information content (AvgIpc) is 2.59. The van der Waals surface area contributed by atoms with Crippen LogP contribution < -0.4 is 11.1 Å². The summed E-state index contributed by atoms with van der Waals surface area (Å²) in [6.07, 6.45) is 2.44. The van der Waals surface area contributed by atoms with E-state index in [1.165, 1.54) is 24.0 Å². The Labute approximate surface area is 85.5 Å². The first-order chi connectivity index (χ1) is 6.83. The maximum absolute atomic E-state index is 6.01. The summed E-state index contributed by atoms with van der Waals surface area (Å²) < 4.78 is 0. The van der Waals surface area contributed by atoms with Crippen LogP contribution in [-0.2, 0) is 6.42 Å². The van der Waals surface area contributed by atoms with E-state index in [4.69, 9.17) is 5.73 Å². The fourth-order valence-electron chi connectivity index (χ4n) is 2.35. The topological polar surface area (TPSA) is 38.0 Å². The van der Waals surface area contributed by atoms with E-state index in [2.05, 4.69) is 24.4 Å². The zero-order chi connectivity index (χ0) is 9.97. The van der Waals surface area contributed by atoms with E-state index in [0.717, 1.165) is 18.8 Å². The van der Waals surface area contributed by atoms with Crippen LogP contribution in [0.3, 0.4) is 0 Å². The standard InChI is InChI=1S/C12H18N2/c1-2-14-8-10-7-6-9-4-3-5-11(13)12(9)10/h3-5,10,14H,2,6-8,13H2,1H3. The molecule has 1 unspecified atom stereocenters. The van der Waals surface area contributed by atoms with Gasteiger partial charge in [0.05, 0.1) is 0 Å². The lowest BCUT2D eigenvalue weighted by Crippen LogP contribution is -2.20. The van der Waals surface area contributed by atoms with Crippen molar-refractivity contribution < 1.29 is 0 Å². The molecular weight excluding hydrogens is 172 g/mol. The molecule has 0 aliphatic heterocycles. The molecule has 0 saturated carbocycles. The van der Waals surface area contributed by atoms with Crippen LogP contribution >= 0.6 is 0 Å². The minimum Gasteiger partial charge on any atom is -0.398 e. The average molecular weight is 190 g/mol. The summed E-state index contributed by atoms with van der Waals surface area (Å²) in [6.45, 7) is 4.25. The Morgan fingerprint density at radius 1 is 1.50 bits per heavy atom. The van der Waals surface area contributed by atoms with Crippen LogP contribution in [0.4, 0.5) is 5.69 Å². The first-order valence-corrected chi connectivity index (χ1v) is 5.41. The van der Waals surface area contributed by atoms with Crippen LogP contribution in [0.1, 0.15) is 30.4 Å². The van der Waals surface area contributed by atoms with Crippen LogP contribution in [0.5, 0.6) is 0 Å². The molecular formula is C12H18N2. The molecule has 2 rings (SSSR count). The fraction of sp³-hybridized carbons (Fsp3) is 0.500. The Hall–Kier alpha value is -1.02. The number of nitrogens with two attached hydrogens (primary N) is 1. The smallest absolute Gasteiger partial charge is 0.0352 e. The van der Waals surface area contributed by atoms with E-state index in [1.807, 2.05) is 6.07 Å². The first-order valence-electron chi connectivity index (χ1n) is 5.41. The zero-order valence-electron chi connectivity index (χ0n) is 8.72. The number of anilines is 1. The fourth-order valence-corrected chi connectivity index (χ4v) is 2.35. The minimum absolute atomic E-state index is 0.631. The summed E-state index contributed by atoms with van der Waals surface area (Å²) in [6, 6.07) is 6.28. The molecule has 1 atom stereocenters. The van der Waals surface area contributed by atoms with Gasteiger partial charge < -0.3 is 11.1 Å². The van der Waals surface area contributed by atoms with Crippen molar-refractivity contribution in [3.8, 4) is 0 Å². The largest absolute Gasteiger partial charge is 0.398 e. The van der Waals surface area contributed by atoms with Crippen molar-refractivity contribution in [2.24, 2.45) is 0 Å². The van der Waals surface area contributed by atoms with Crippen molar-refractivity contribution in [1.82, 2.24) is 5.32 Å². The first kappa shape index (κ1) is 9.53. The molecule has 1 aliphatic carbocycles. The molecule has 0 radical (unpaired) electrons. The number of benzene rings is 1. The normalized spacial score (nSPS) is 19.6. The van der Waals surface area contributed by atoms with Gasteiger partial charge in [0, 0.05) is 12.2 Å². The molecule has 76 valence electrons. The van der Waals surface area contributed by atoms with Gasteiger partial charge in [-0.15, -0.1) is 0 Å². The molecule has 0 heterocycles. The van der Waals surface area contributed by atoms with E-state index < -0.39 is 0 Å². The monoisotopic (exact) mass is 190 g/mol. The predicted molar refractivity (Wildman–Crippen MR) is 60.5 cm³/mol. The number of hydrogen-bond acceptors (Lipinski definition) is 2. The van der Waals surface area contributed by atoms with Crippen molar-refractivity contribution in [2.45, 2.75) is 25.7 Å². The second kappa shape index (κ2) is 4.01. The number of aryl methyl sites for hydroxylation is 1. The summed E-state index contributed by atoms with van der Waals surface area (Å²) in [5.74, 6) is 0.631. The third kappa shape index (κ3) is 1.62. The molecule has 1 aromatic carbocycles. The third-order valence-corrected chi connectivity index (χ3v) is 3.04. The Morgan fingerprint density at radius 3 is 3.14 bits per heavy atom. The molecule has 2 heteroatoms. The molecule has 1 aromatic rings. The van der Waals surface area contributed by atoms with Gasteiger partial charge in [0.15, 0.2) is 0 Å². The number of hydrogen-bond donors (Lipinski definition) is 2. The highest BCUT2D eigenvalue weighted by atomic mass is 14.8. The highest BCUT2D eigenvalue weighted by Gasteiger charge is 2.23. The Kier molecular flexibility index (Phi) is 2.73. The predicted octanol–water partition coefficient (Wildman–Crippen LogP) is 1.91. The Balaban J connectivity index is 2.20. The lowest BCUT2D eigenvalue weighted by molar-refractivity contribution is 0.594. The second-order valence-corrected chi connectivity index (χ2v) is 3.96. The highest BCUT2D eigenvalue weighted by molar-refractivity contribution is 5.55. The van der Waals surface area contributed by atoms with Crippen LogP contribution in [-0.4, -0.2) is 13.1 Å². The van der Waals surface area contributed by atoms with E-state index in [9.17, 15) is 0 Å². The molecule has 0 amide bonds. The van der Waals surface area contributed by atoms with Gasteiger partial charge in [0.1, 0.15) is 0 Å². The summed E-state index contributed by atoms with van der Waals surface area (Å²) in [4.78, 5) is 0. The highest BCUT2D eigenvalue weighted by Crippen LogP contribution is 2.36. The molecule has 1 aliphatic rings. The van der Waals surface area contributed by atoms with Crippen LogP contribution in [0.25, 0.3) is 0 Å². The summed E-state index contributed by atoms with van der Waals surface area (Å²) >= 11 is 0. The lowest BCUT2D eigenvalue weighted by atomic mass is 9.99. The summed E-state index contributed by atoms with van der Waals surface area (Å²) in [5, 5.41) is 3.40. The molecule has 0 fully saturated rings. The van der Waals surface area contributed by atoms with Gasteiger partial charge in [-0.05, 0) is 42.5 Å². The molecule has 0 aromatic heterocycles. The number of fused-ring (bicyclic) bond motifs is 1. The quantitative estimate of drug-likeness (QED) is 0.714. The Morgan fingerprint density at radius 2 is 2.36 bits per heavy atom. The van der Waals surface area contributed by atoms with Crippen LogP contribution in [0.2, 0.25) is 0 Å². The summed E-state index contributed by atoms with van der Waals surface area (Å²) in [7, 11) is 0. The van der Waals surface area contributed by atoms with Crippen LogP contribution in [0, 0.1) is 0 Å². The van der Waals surface area contributed by atoms with E-state index >= 15 is 0 Å². The molecule has 0 bridgehead atoms. The van der Waals surface area contributed by atoms with Gasteiger partial charge in [0.2, 0.25) is 0 Å². The number of likely N-dealkylation sites (N-methyl/N-ethyl adjacent to an activating group) is 1. The number of rotatable bonds is 3. The number of nitrogen functional groups attached to an aromatic ring is 1. The van der Waals surface area contributed by atoms with Crippen molar-refractivity contribution >= 4 is 5.69 Å². The Bertz CT molecular complexity index is 320. The van der Waals surface area contributed by atoms with E-state index in [-0.39, 0.29) is 0 Å². The lowest BCUT2D eigenvalue weighted by Gasteiger charge is -2.13. The van der Waals surface area contributed by atoms with Crippen molar-refractivity contribution in [1.29, 1.82) is 0 Å².